The maximum absolute atomic E-state index is 13.1. The lowest BCUT2D eigenvalue weighted by molar-refractivity contribution is -0.141. The predicted octanol–water partition coefficient (Wildman–Crippen LogP) is 4.97. The lowest BCUT2D eigenvalue weighted by atomic mass is 10.1. The Kier molecular flexibility index (Phi) is 8.08. The molecule has 0 spiro atoms. The third kappa shape index (κ3) is 8.42. The van der Waals surface area contributed by atoms with Crippen LogP contribution in [-0.2, 0) is 27.5 Å². The molecule has 0 atom stereocenters. The van der Waals surface area contributed by atoms with E-state index in [1.54, 1.807) is 54.6 Å². The highest BCUT2D eigenvalue weighted by Crippen LogP contribution is 2.29. The van der Waals surface area contributed by atoms with Crippen molar-refractivity contribution in [3.05, 3.63) is 101 Å². The monoisotopic (exact) mass is 501 g/mol. The third-order valence-electron chi connectivity index (χ3n) is 4.62. The lowest BCUT2D eigenvalue weighted by Gasteiger charge is -2.09. The molecule has 0 bridgehead atoms. The van der Waals surface area contributed by atoms with Gasteiger partial charge in [0.25, 0.3) is 0 Å². The molecule has 1 aromatic heterocycles. The van der Waals surface area contributed by atoms with Gasteiger partial charge in [-0.3, -0.25) is 9.52 Å². The Bertz CT molecular complexity index is 1340. The Labute approximate surface area is 201 Å². The van der Waals surface area contributed by atoms with Crippen LogP contribution >= 0.6 is 0 Å². The van der Waals surface area contributed by atoms with Gasteiger partial charge in [0.05, 0.1) is 11.9 Å². The highest BCUT2D eigenvalue weighted by molar-refractivity contribution is 7.92. The quantitative estimate of drug-likeness (QED) is 0.427. The average Bonchev–Trinajstić information content (AvgIpc) is 2.80. The first-order chi connectivity index (χ1) is 16.5. The first-order valence-corrected chi connectivity index (χ1v) is 12.2. The molecule has 35 heavy (non-hydrogen) atoms. The second-order valence-electron chi connectivity index (χ2n) is 7.54. The van der Waals surface area contributed by atoms with Gasteiger partial charge >= 0.3 is 6.18 Å². The number of pyridine rings is 1. The number of nitrogens with one attached hydrogen (secondary N) is 2. The summed E-state index contributed by atoms with van der Waals surface area (Å²) in [6.45, 7) is 0.175. The number of carbonyl (C=O) groups is 1. The van der Waals surface area contributed by atoms with E-state index in [2.05, 4.69) is 15.0 Å². The van der Waals surface area contributed by atoms with Crippen LogP contribution in [0.4, 0.5) is 18.9 Å². The zero-order chi connectivity index (χ0) is 25.5. The van der Waals surface area contributed by atoms with Gasteiger partial charge in [0, 0.05) is 23.9 Å². The summed E-state index contributed by atoms with van der Waals surface area (Å²) in [6.07, 6.45) is 2.16. The Morgan fingerprint density at radius 1 is 0.943 bits per heavy atom. The van der Waals surface area contributed by atoms with Gasteiger partial charge in [-0.2, -0.15) is 13.2 Å². The van der Waals surface area contributed by atoms with Crippen molar-refractivity contribution in [2.24, 2.45) is 0 Å². The molecule has 2 aromatic carbocycles. The number of benzene rings is 2. The van der Waals surface area contributed by atoms with Crippen LogP contribution in [0.3, 0.4) is 0 Å². The van der Waals surface area contributed by atoms with Gasteiger partial charge in [0.1, 0.15) is 5.69 Å². The zero-order valence-corrected chi connectivity index (χ0v) is 19.4. The normalized spacial score (nSPS) is 12.2. The van der Waals surface area contributed by atoms with Crippen molar-refractivity contribution in [2.45, 2.75) is 12.7 Å². The average molecular weight is 502 g/mol. The van der Waals surface area contributed by atoms with Crippen LogP contribution in [0.25, 0.3) is 18.2 Å². The molecule has 0 aliphatic heterocycles. The molecule has 3 aromatic rings. The number of sulfonamides is 1. The van der Waals surface area contributed by atoms with Gasteiger partial charge < -0.3 is 5.32 Å². The molecule has 0 radical (unpaired) electrons. The highest BCUT2D eigenvalue weighted by Gasteiger charge is 2.32. The minimum Gasteiger partial charge on any atom is -0.348 e. The first kappa shape index (κ1) is 25.7. The first-order valence-electron chi connectivity index (χ1n) is 10.3. The van der Waals surface area contributed by atoms with E-state index in [1.807, 2.05) is 6.07 Å². The molecule has 0 aliphatic carbocycles. The van der Waals surface area contributed by atoms with Crippen LogP contribution in [0.1, 0.15) is 28.1 Å². The van der Waals surface area contributed by atoms with Crippen LogP contribution in [0.15, 0.2) is 72.8 Å². The topological polar surface area (TPSA) is 88.2 Å². The molecule has 0 saturated carbocycles. The molecule has 0 fully saturated rings. The second-order valence-corrected chi connectivity index (χ2v) is 9.28. The van der Waals surface area contributed by atoms with Crippen LogP contribution in [0, 0.1) is 0 Å². The molecule has 1 heterocycles. The Balaban J connectivity index is 1.71. The van der Waals surface area contributed by atoms with E-state index < -0.39 is 27.8 Å². The minimum atomic E-state index is -4.60. The van der Waals surface area contributed by atoms with Crippen LogP contribution < -0.4 is 10.0 Å². The number of alkyl halides is 3. The Hall–Kier alpha value is -3.92. The summed E-state index contributed by atoms with van der Waals surface area (Å²) < 4.78 is 64.3. The third-order valence-corrected chi connectivity index (χ3v) is 5.23. The minimum absolute atomic E-state index is 0.0710. The van der Waals surface area contributed by atoms with E-state index in [0.717, 1.165) is 23.4 Å². The second kappa shape index (κ2) is 11.0. The van der Waals surface area contributed by atoms with Crippen LogP contribution in [0.2, 0.25) is 0 Å². The summed E-state index contributed by atoms with van der Waals surface area (Å²) in [5.41, 5.74) is 1.30. The predicted molar refractivity (Wildman–Crippen MR) is 130 cm³/mol. The summed E-state index contributed by atoms with van der Waals surface area (Å²) in [6, 6.07) is 17.6. The molecule has 0 saturated heterocycles. The van der Waals surface area contributed by atoms with Gasteiger partial charge in [-0.15, -0.1) is 0 Å². The number of aromatic nitrogens is 1. The maximum atomic E-state index is 13.1. The molecule has 1 amide bonds. The fourth-order valence-electron chi connectivity index (χ4n) is 2.98. The number of amides is 1. The largest absolute Gasteiger partial charge is 0.433 e. The van der Waals surface area contributed by atoms with Crippen LogP contribution in [-0.4, -0.2) is 25.6 Å². The van der Waals surface area contributed by atoms with Crippen molar-refractivity contribution in [3.8, 4) is 0 Å². The maximum Gasteiger partial charge on any atom is 0.433 e. The molecular weight excluding hydrogens is 479 g/mol. The number of halogens is 3. The molecule has 0 unspecified atom stereocenters. The molecule has 2 N–H and O–H groups in total. The van der Waals surface area contributed by atoms with Crippen LogP contribution in [0.5, 0.6) is 0 Å². The van der Waals surface area contributed by atoms with Crippen molar-refractivity contribution in [1.82, 2.24) is 10.3 Å². The van der Waals surface area contributed by atoms with Crippen molar-refractivity contribution in [3.63, 3.8) is 0 Å². The van der Waals surface area contributed by atoms with E-state index >= 15 is 0 Å². The lowest BCUT2D eigenvalue weighted by Crippen LogP contribution is -2.20. The molecule has 0 aliphatic rings. The standard InChI is InChI=1S/C25H22F3N3O3S/c1-35(33,34)31-21-12-7-19(8-13-21)17-29-24(32)16-11-20-10-15-23(25(26,27)28)30-22(20)14-9-18-5-3-2-4-6-18/h2-16,31H,17H2,1H3,(H,29,32). The van der Waals surface area contributed by atoms with Gasteiger partial charge in [-0.05, 0) is 41.5 Å². The van der Waals surface area contributed by atoms with Crippen molar-refractivity contribution >= 4 is 39.8 Å². The van der Waals surface area contributed by atoms with E-state index in [0.29, 0.717) is 11.3 Å². The summed E-state index contributed by atoms with van der Waals surface area (Å²) in [5.74, 6) is -0.457. The number of anilines is 1. The smallest absolute Gasteiger partial charge is 0.348 e. The van der Waals surface area contributed by atoms with Crippen molar-refractivity contribution in [2.75, 3.05) is 11.0 Å². The number of hydrogen-bond donors (Lipinski definition) is 2. The summed E-state index contributed by atoms with van der Waals surface area (Å²) in [7, 11) is -3.39. The fourth-order valence-corrected chi connectivity index (χ4v) is 3.54. The molecule has 182 valence electrons. The number of hydrogen-bond acceptors (Lipinski definition) is 4. The van der Waals surface area contributed by atoms with Crippen molar-refractivity contribution in [1.29, 1.82) is 0 Å². The molecular formula is C25H22F3N3O3S. The molecule has 6 nitrogen and oxygen atoms in total. The summed E-state index contributed by atoms with van der Waals surface area (Å²) >= 11 is 0. The van der Waals surface area contributed by atoms with Gasteiger partial charge in [-0.1, -0.05) is 54.6 Å². The van der Waals surface area contributed by atoms with E-state index in [1.165, 1.54) is 24.3 Å². The van der Waals surface area contributed by atoms with E-state index in [4.69, 9.17) is 0 Å². The molecule has 10 heteroatoms. The summed E-state index contributed by atoms with van der Waals surface area (Å²) in [4.78, 5) is 16.0. The SMILES string of the molecule is CS(=O)(=O)Nc1ccc(CNC(=O)C=Cc2ccc(C(F)(F)F)nc2C=Cc2ccccc2)cc1. The van der Waals surface area contributed by atoms with Gasteiger partial charge in [0.15, 0.2) is 0 Å². The highest BCUT2D eigenvalue weighted by atomic mass is 32.2. The Morgan fingerprint density at radius 3 is 2.26 bits per heavy atom. The van der Waals surface area contributed by atoms with E-state index in [9.17, 15) is 26.4 Å². The number of rotatable bonds is 8. The van der Waals surface area contributed by atoms with Gasteiger partial charge in [-0.25, -0.2) is 13.4 Å². The van der Waals surface area contributed by atoms with E-state index in [-0.39, 0.29) is 12.2 Å². The molecule has 3 rings (SSSR count). The van der Waals surface area contributed by atoms with Gasteiger partial charge in [0.2, 0.25) is 15.9 Å². The van der Waals surface area contributed by atoms with Crippen molar-refractivity contribution < 1.29 is 26.4 Å². The summed E-state index contributed by atoms with van der Waals surface area (Å²) in [5, 5.41) is 2.67. The number of nitrogens with zero attached hydrogens (tertiary/aromatic N) is 1. The fraction of sp³-hybridized carbons (Fsp3) is 0.120. The number of carbonyl (C=O) groups excluding carboxylic acids is 1. The zero-order valence-electron chi connectivity index (χ0n) is 18.6. The Morgan fingerprint density at radius 2 is 1.63 bits per heavy atom.